The van der Waals surface area contributed by atoms with Gasteiger partial charge in [-0.3, -0.25) is 14.6 Å². The zero-order valence-corrected chi connectivity index (χ0v) is 19.0. The van der Waals surface area contributed by atoms with E-state index in [2.05, 4.69) is 37.0 Å². The molecule has 5 nitrogen and oxygen atoms in total. The molecule has 2 aromatic carbocycles. The maximum absolute atomic E-state index is 13.2. The normalized spacial score (nSPS) is 14.8. The van der Waals surface area contributed by atoms with Crippen LogP contribution in [0.1, 0.15) is 60.2 Å². The van der Waals surface area contributed by atoms with Gasteiger partial charge in [0.2, 0.25) is 5.91 Å². The molecule has 32 heavy (non-hydrogen) atoms. The number of hydrogen-bond donors (Lipinski definition) is 0. The molecule has 166 valence electrons. The third-order valence-electron chi connectivity index (χ3n) is 6.12. The van der Waals surface area contributed by atoms with E-state index >= 15 is 0 Å². The Morgan fingerprint density at radius 3 is 2.53 bits per heavy atom. The minimum Gasteiger partial charge on any atom is -0.339 e. The van der Waals surface area contributed by atoms with E-state index in [-0.39, 0.29) is 11.8 Å². The van der Waals surface area contributed by atoms with Crippen molar-refractivity contribution >= 4 is 29.8 Å². The lowest BCUT2D eigenvalue weighted by Gasteiger charge is -2.29. The fraction of sp³-hybridized carbons (Fsp3) is 0.370. The number of benzene rings is 2. The number of rotatable bonds is 6. The van der Waals surface area contributed by atoms with Gasteiger partial charge in [-0.1, -0.05) is 44.2 Å². The van der Waals surface area contributed by atoms with Crippen molar-refractivity contribution in [2.24, 2.45) is 4.99 Å². The van der Waals surface area contributed by atoms with E-state index < -0.39 is 0 Å². The summed E-state index contributed by atoms with van der Waals surface area (Å²) in [6, 6.07) is 13.9. The van der Waals surface area contributed by atoms with Crippen LogP contribution in [0.15, 0.2) is 53.0 Å². The summed E-state index contributed by atoms with van der Waals surface area (Å²) in [4.78, 5) is 34.7. The Hall–Kier alpha value is -3.21. The molecule has 2 heterocycles. The van der Waals surface area contributed by atoms with E-state index in [1.54, 1.807) is 6.21 Å². The van der Waals surface area contributed by atoms with E-state index in [1.165, 1.54) is 11.1 Å². The molecule has 0 unspecified atom stereocenters. The third-order valence-corrected chi connectivity index (χ3v) is 6.12. The van der Waals surface area contributed by atoms with Gasteiger partial charge in [0.05, 0.1) is 5.69 Å². The zero-order chi connectivity index (χ0) is 22.5. The molecule has 0 saturated heterocycles. The minimum absolute atomic E-state index is 0.0269. The van der Waals surface area contributed by atoms with E-state index in [4.69, 9.17) is 0 Å². The first-order valence-electron chi connectivity index (χ1n) is 11.6. The Kier molecular flexibility index (Phi) is 6.84. The van der Waals surface area contributed by atoms with Crippen LogP contribution >= 0.6 is 0 Å². The van der Waals surface area contributed by atoms with Crippen LogP contribution in [-0.4, -0.2) is 47.5 Å². The molecule has 2 amide bonds. The Morgan fingerprint density at radius 1 is 1.03 bits per heavy atom. The second-order valence-electron chi connectivity index (χ2n) is 8.50. The number of fused-ring (bicyclic) bond motifs is 2. The van der Waals surface area contributed by atoms with Crippen LogP contribution < -0.4 is 0 Å². The SMILES string of the molecule is CCCN(CCC)C(=O)C1=Cc2ccc(C(=O)N3CCc4ccccc4C3)cc2N=CC1. The van der Waals surface area contributed by atoms with Gasteiger partial charge >= 0.3 is 0 Å². The molecule has 5 heteroatoms. The maximum Gasteiger partial charge on any atom is 0.254 e. The zero-order valence-electron chi connectivity index (χ0n) is 19.0. The second-order valence-corrected chi connectivity index (χ2v) is 8.50. The molecular formula is C27H31N3O2. The van der Waals surface area contributed by atoms with E-state index in [9.17, 15) is 9.59 Å². The molecule has 0 fully saturated rings. The fourth-order valence-corrected chi connectivity index (χ4v) is 4.46. The number of amides is 2. The van der Waals surface area contributed by atoms with Crippen molar-refractivity contribution in [3.8, 4) is 0 Å². The number of carbonyl (C=O) groups excluding carboxylic acids is 2. The molecule has 0 saturated carbocycles. The average molecular weight is 430 g/mol. The first-order valence-corrected chi connectivity index (χ1v) is 11.6. The molecule has 2 aliphatic rings. The summed E-state index contributed by atoms with van der Waals surface area (Å²) >= 11 is 0. The summed E-state index contributed by atoms with van der Waals surface area (Å²) in [7, 11) is 0. The topological polar surface area (TPSA) is 53.0 Å². The highest BCUT2D eigenvalue weighted by molar-refractivity contribution is 6.03. The summed E-state index contributed by atoms with van der Waals surface area (Å²) < 4.78 is 0. The lowest BCUT2D eigenvalue weighted by Crippen LogP contribution is -2.35. The van der Waals surface area contributed by atoms with Gasteiger partial charge in [-0.15, -0.1) is 0 Å². The molecule has 0 spiro atoms. The molecule has 0 bridgehead atoms. The summed E-state index contributed by atoms with van der Waals surface area (Å²) in [6.45, 7) is 7.07. The van der Waals surface area contributed by atoms with Crippen molar-refractivity contribution in [3.63, 3.8) is 0 Å². The van der Waals surface area contributed by atoms with E-state index in [0.717, 1.165) is 55.7 Å². The molecule has 0 atom stereocenters. The van der Waals surface area contributed by atoms with Crippen molar-refractivity contribution in [3.05, 3.63) is 70.3 Å². The quantitative estimate of drug-likeness (QED) is 0.647. The molecule has 2 aliphatic heterocycles. The maximum atomic E-state index is 13.2. The fourth-order valence-electron chi connectivity index (χ4n) is 4.46. The molecule has 2 aromatic rings. The largest absolute Gasteiger partial charge is 0.339 e. The van der Waals surface area contributed by atoms with Crippen molar-refractivity contribution in [1.29, 1.82) is 0 Å². The molecule has 0 radical (unpaired) electrons. The van der Waals surface area contributed by atoms with Crippen LogP contribution in [0.3, 0.4) is 0 Å². The first kappa shape index (κ1) is 22.0. The third kappa shape index (κ3) is 4.67. The smallest absolute Gasteiger partial charge is 0.254 e. The molecule has 0 N–H and O–H groups in total. The minimum atomic E-state index is 0.0269. The molecule has 4 rings (SSSR count). The van der Waals surface area contributed by atoms with Crippen molar-refractivity contribution in [2.75, 3.05) is 19.6 Å². The van der Waals surface area contributed by atoms with E-state index in [1.807, 2.05) is 40.1 Å². The highest BCUT2D eigenvalue weighted by Gasteiger charge is 2.23. The Labute approximate surface area is 190 Å². The number of nitrogens with zero attached hydrogens (tertiary/aromatic N) is 3. The molecular weight excluding hydrogens is 398 g/mol. The van der Waals surface area contributed by atoms with E-state index in [0.29, 0.717) is 18.5 Å². The number of hydrogen-bond acceptors (Lipinski definition) is 3. The van der Waals surface area contributed by atoms with Gasteiger partial charge in [-0.2, -0.15) is 0 Å². The average Bonchev–Trinajstić information content (AvgIpc) is 3.04. The summed E-state index contributed by atoms with van der Waals surface area (Å²) in [6.07, 6.45) is 6.99. The van der Waals surface area contributed by atoms with Gasteiger partial charge in [0.25, 0.3) is 5.91 Å². The highest BCUT2D eigenvalue weighted by Crippen LogP contribution is 2.29. The molecule has 0 aromatic heterocycles. The van der Waals surface area contributed by atoms with Gasteiger partial charge in [0, 0.05) is 55.5 Å². The van der Waals surface area contributed by atoms with Gasteiger partial charge in [-0.25, -0.2) is 0 Å². The summed E-state index contributed by atoms with van der Waals surface area (Å²) in [5.41, 5.74) is 5.56. The van der Waals surface area contributed by atoms with Crippen LogP contribution in [0, 0.1) is 0 Å². The predicted octanol–water partition coefficient (Wildman–Crippen LogP) is 5.02. The van der Waals surface area contributed by atoms with Crippen molar-refractivity contribution in [2.45, 2.75) is 46.1 Å². The number of aliphatic imine (C=N–C) groups is 1. The van der Waals surface area contributed by atoms with Crippen LogP contribution in [0.2, 0.25) is 0 Å². The van der Waals surface area contributed by atoms with Crippen LogP contribution in [0.5, 0.6) is 0 Å². The van der Waals surface area contributed by atoms with Crippen LogP contribution in [0.4, 0.5) is 5.69 Å². The van der Waals surface area contributed by atoms with Gasteiger partial charge in [0.15, 0.2) is 0 Å². The van der Waals surface area contributed by atoms with Crippen LogP contribution in [0.25, 0.3) is 6.08 Å². The monoisotopic (exact) mass is 429 g/mol. The summed E-state index contributed by atoms with van der Waals surface area (Å²) in [5, 5.41) is 0. The summed E-state index contributed by atoms with van der Waals surface area (Å²) in [5.74, 6) is 0.110. The first-order chi connectivity index (χ1) is 15.6. The lowest BCUT2D eigenvalue weighted by molar-refractivity contribution is -0.127. The Balaban J connectivity index is 1.54. The predicted molar refractivity (Wildman–Crippen MR) is 129 cm³/mol. The van der Waals surface area contributed by atoms with Gasteiger partial charge in [0.1, 0.15) is 0 Å². The van der Waals surface area contributed by atoms with Gasteiger partial charge < -0.3 is 9.80 Å². The van der Waals surface area contributed by atoms with Crippen LogP contribution in [-0.2, 0) is 17.8 Å². The van der Waals surface area contributed by atoms with Crippen molar-refractivity contribution in [1.82, 2.24) is 9.80 Å². The standard InChI is InChI=1S/C27H31N3O2/c1-3-14-29(15-4-2)26(31)23-11-13-28-25-18-22(10-9-21(25)17-23)27(32)30-16-12-20-7-5-6-8-24(20)19-30/h5-10,13,17-18H,3-4,11-12,14-16,19H2,1-2H3. The second kappa shape index (κ2) is 9.94. The molecule has 0 aliphatic carbocycles. The van der Waals surface area contributed by atoms with Gasteiger partial charge in [-0.05, 0) is 48.6 Å². The number of carbonyl (C=O) groups is 2. The Morgan fingerprint density at radius 2 is 1.78 bits per heavy atom. The highest BCUT2D eigenvalue weighted by atomic mass is 16.2. The Bertz CT molecular complexity index is 1060. The lowest BCUT2D eigenvalue weighted by atomic mass is 9.99. The van der Waals surface area contributed by atoms with Crippen molar-refractivity contribution < 1.29 is 9.59 Å².